The Morgan fingerprint density at radius 2 is 2.13 bits per heavy atom. The van der Waals surface area contributed by atoms with Crippen LogP contribution in [0.15, 0.2) is 0 Å². The molecule has 3 unspecified atom stereocenters. The first-order valence-electron chi connectivity index (χ1n) is 6.70. The summed E-state index contributed by atoms with van der Waals surface area (Å²) in [5, 5.41) is 0. The topological polar surface area (TPSA) is 17.1 Å². The third-order valence-electron chi connectivity index (χ3n) is 3.95. The fourth-order valence-electron chi connectivity index (χ4n) is 2.75. The Morgan fingerprint density at radius 1 is 1.40 bits per heavy atom. The second kappa shape index (κ2) is 6.30. The highest BCUT2D eigenvalue weighted by atomic mass is 16.1. The second-order valence-corrected chi connectivity index (χ2v) is 5.34. The zero-order valence-corrected chi connectivity index (χ0v) is 10.6. The van der Waals surface area contributed by atoms with Gasteiger partial charge in [0.25, 0.3) is 0 Å². The van der Waals surface area contributed by atoms with Gasteiger partial charge in [-0.05, 0) is 31.1 Å². The Morgan fingerprint density at radius 3 is 2.73 bits per heavy atom. The standard InChI is InChI=1S/C14H26O/c1-4-6-12-7-8-14(15)13(10-12)9-11(3)5-2/h11-13H,4-10H2,1-3H3. The highest BCUT2D eigenvalue weighted by Crippen LogP contribution is 2.33. The Hall–Kier alpha value is -0.330. The lowest BCUT2D eigenvalue weighted by Gasteiger charge is -2.29. The van der Waals surface area contributed by atoms with Gasteiger partial charge in [0.2, 0.25) is 0 Å². The van der Waals surface area contributed by atoms with Crippen molar-refractivity contribution < 1.29 is 4.79 Å². The molecule has 0 bridgehead atoms. The molecule has 0 saturated heterocycles. The van der Waals surface area contributed by atoms with Gasteiger partial charge in [0.05, 0.1) is 0 Å². The van der Waals surface area contributed by atoms with Crippen LogP contribution in [0.3, 0.4) is 0 Å². The molecule has 88 valence electrons. The monoisotopic (exact) mass is 210 g/mol. The van der Waals surface area contributed by atoms with Crippen LogP contribution in [-0.2, 0) is 4.79 Å². The van der Waals surface area contributed by atoms with Crippen molar-refractivity contribution in [2.45, 2.75) is 65.7 Å². The summed E-state index contributed by atoms with van der Waals surface area (Å²) >= 11 is 0. The van der Waals surface area contributed by atoms with E-state index in [0.717, 1.165) is 31.1 Å². The summed E-state index contributed by atoms with van der Waals surface area (Å²) in [6.45, 7) is 6.75. The van der Waals surface area contributed by atoms with Crippen LogP contribution < -0.4 is 0 Å². The quantitative estimate of drug-likeness (QED) is 0.664. The molecule has 1 heteroatoms. The summed E-state index contributed by atoms with van der Waals surface area (Å²) in [5.74, 6) is 2.49. The molecule has 0 spiro atoms. The molecule has 0 aromatic rings. The van der Waals surface area contributed by atoms with E-state index in [9.17, 15) is 4.79 Å². The molecule has 0 aliphatic heterocycles. The van der Waals surface area contributed by atoms with Gasteiger partial charge in [-0.1, -0.05) is 40.0 Å². The Labute approximate surface area is 94.6 Å². The molecule has 0 amide bonds. The Bertz CT molecular complexity index is 198. The van der Waals surface area contributed by atoms with Gasteiger partial charge in [-0.3, -0.25) is 4.79 Å². The average Bonchev–Trinajstić information content (AvgIpc) is 2.23. The maximum atomic E-state index is 11.8. The lowest BCUT2D eigenvalue weighted by molar-refractivity contribution is -0.126. The van der Waals surface area contributed by atoms with E-state index in [4.69, 9.17) is 0 Å². The van der Waals surface area contributed by atoms with Gasteiger partial charge in [0.15, 0.2) is 0 Å². The maximum Gasteiger partial charge on any atom is 0.136 e. The lowest BCUT2D eigenvalue weighted by atomic mass is 9.75. The SMILES string of the molecule is CCCC1CCC(=O)C(CC(C)CC)C1. The molecule has 1 saturated carbocycles. The van der Waals surface area contributed by atoms with Crippen molar-refractivity contribution in [2.24, 2.45) is 17.8 Å². The van der Waals surface area contributed by atoms with Crippen LogP contribution in [0.2, 0.25) is 0 Å². The molecule has 15 heavy (non-hydrogen) atoms. The number of Topliss-reactive ketones (excluding diaryl/α,β-unsaturated/α-hetero) is 1. The zero-order chi connectivity index (χ0) is 11.3. The number of carbonyl (C=O) groups excluding carboxylic acids is 1. The van der Waals surface area contributed by atoms with Crippen molar-refractivity contribution in [3.05, 3.63) is 0 Å². The predicted molar refractivity (Wildman–Crippen MR) is 64.8 cm³/mol. The van der Waals surface area contributed by atoms with Gasteiger partial charge in [0.1, 0.15) is 5.78 Å². The smallest absolute Gasteiger partial charge is 0.136 e. The first-order valence-corrected chi connectivity index (χ1v) is 6.70. The van der Waals surface area contributed by atoms with Crippen molar-refractivity contribution in [1.29, 1.82) is 0 Å². The molecule has 3 atom stereocenters. The number of rotatable bonds is 5. The van der Waals surface area contributed by atoms with Crippen LogP contribution in [0.5, 0.6) is 0 Å². The van der Waals surface area contributed by atoms with Gasteiger partial charge < -0.3 is 0 Å². The highest BCUT2D eigenvalue weighted by molar-refractivity contribution is 5.81. The Balaban J connectivity index is 2.42. The number of ketones is 1. The molecule has 0 aromatic heterocycles. The van der Waals surface area contributed by atoms with Gasteiger partial charge in [-0.2, -0.15) is 0 Å². The second-order valence-electron chi connectivity index (χ2n) is 5.34. The molecule has 1 nitrogen and oxygen atoms in total. The van der Waals surface area contributed by atoms with Crippen molar-refractivity contribution in [3.8, 4) is 0 Å². The minimum Gasteiger partial charge on any atom is -0.299 e. The molecule has 1 aliphatic rings. The molecule has 0 radical (unpaired) electrons. The number of hydrogen-bond acceptors (Lipinski definition) is 1. The Kier molecular flexibility index (Phi) is 5.35. The minimum atomic E-state index is 0.394. The van der Waals surface area contributed by atoms with E-state index in [1.54, 1.807) is 0 Å². The van der Waals surface area contributed by atoms with Crippen molar-refractivity contribution in [1.82, 2.24) is 0 Å². The van der Waals surface area contributed by atoms with Gasteiger partial charge in [-0.25, -0.2) is 0 Å². The molecular weight excluding hydrogens is 184 g/mol. The molecule has 0 heterocycles. The summed E-state index contributed by atoms with van der Waals surface area (Å²) in [5.41, 5.74) is 0. The van der Waals surface area contributed by atoms with Crippen LogP contribution in [0.1, 0.15) is 65.7 Å². The van der Waals surface area contributed by atoms with Crippen LogP contribution >= 0.6 is 0 Å². The van der Waals surface area contributed by atoms with E-state index in [1.807, 2.05) is 0 Å². The summed E-state index contributed by atoms with van der Waals surface area (Å²) in [4.78, 5) is 11.8. The van der Waals surface area contributed by atoms with E-state index in [1.165, 1.54) is 25.7 Å². The fourth-order valence-corrected chi connectivity index (χ4v) is 2.75. The highest BCUT2D eigenvalue weighted by Gasteiger charge is 2.28. The number of carbonyl (C=O) groups is 1. The van der Waals surface area contributed by atoms with Crippen LogP contribution in [0.25, 0.3) is 0 Å². The summed E-state index contributed by atoms with van der Waals surface area (Å²) in [6.07, 6.45) is 8.13. The van der Waals surface area contributed by atoms with E-state index in [0.29, 0.717) is 11.7 Å². The molecule has 1 rings (SSSR count). The molecule has 1 aliphatic carbocycles. The van der Waals surface area contributed by atoms with Crippen molar-refractivity contribution in [2.75, 3.05) is 0 Å². The minimum absolute atomic E-state index is 0.394. The van der Waals surface area contributed by atoms with Crippen LogP contribution in [-0.4, -0.2) is 5.78 Å². The van der Waals surface area contributed by atoms with Gasteiger partial charge >= 0.3 is 0 Å². The summed E-state index contributed by atoms with van der Waals surface area (Å²) in [6, 6.07) is 0. The van der Waals surface area contributed by atoms with Crippen molar-refractivity contribution in [3.63, 3.8) is 0 Å². The predicted octanol–water partition coefficient (Wildman–Crippen LogP) is 4.21. The van der Waals surface area contributed by atoms with Gasteiger partial charge in [0, 0.05) is 12.3 Å². The number of hydrogen-bond donors (Lipinski definition) is 0. The van der Waals surface area contributed by atoms with E-state index >= 15 is 0 Å². The van der Waals surface area contributed by atoms with E-state index in [-0.39, 0.29) is 0 Å². The summed E-state index contributed by atoms with van der Waals surface area (Å²) in [7, 11) is 0. The third kappa shape index (κ3) is 3.96. The largest absolute Gasteiger partial charge is 0.299 e. The normalized spacial score (nSPS) is 29.1. The molecule has 0 N–H and O–H groups in total. The zero-order valence-electron chi connectivity index (χ0n) is 10.6. The fraction of sp³-hybridized carbons (Fsp3) is 0.929. The van der Waals surface area contributed by atoms with Gasteiger partial charge in [-0.15, -0.1) is 0 Å². The molecular formula is C14H26O. The first kappa shape index (κ1) is 12.7. The summed E-state index contributed by atoms with van der Waals surface area (Å²) < 4.78 is 0. The molecule has 1 fully saturated rings. The average molecular weight is 210 g/mol. The third-order valence-corrected chi connectivity index (χ3v) is 3.95. The van der Waals surface area contributed by atoms with Crippen LogP contribution in [0.4, 0.5) is 0 Å². The molecule has 0 aromatic carbocycles. The van der Waals surface area contributed by atoms with E-state index in [2.05, 4.69) is 20.8 Å². The maximum absolute atomic E-state index is 11.8. The van der Waals surface area contributed by atoms with Crippen LogP contribution in [0, 0.1) is 17.8 Å². The lowest BCUT2D eigenvalue weighted by Crippen LogP contribution is -2.26. The first-order chi connectivity index (χ1) is 7.17. The van der Waals surface area contributed by atoms with Crippen molar-refractivity contribution >= 4 is 5.78 Å². The van der Waals surface area contributed by atoms with E-state index < -0.39 is 0 Å².